The van der Waals surface area contributed by atoms with Crippen LogP contribution < -0.4 is 0 Å². The number of hydrogen-bond donors (Lipinski definition) is 0. The van der Waals surface area contributed by atoms with Crippen LogP contribution in [0.1, 0.15) is 18.2 Å². The van der Waals surface area contributed by atoms with Crippen molar-refractivity contribution in [2.75, 3.05) is 7.11 Å². The van der Waals surface area contributed by atoms with E-state index in [2.05, 4.69) is 9.72 Å². The van der Waals surface area contributed by atoms with Crippen molar-refractivity contribution in [2.45, 2.75) is 13.3 Å². The number of hydrogen-bond acceptors (Lipinski definition) is 4. The summed E-state index contributed by atoms with van der Waals surface area (Å²) in [4.78, 5) is 15.2. The molecule has 0 aliphatic carbocycles. The standard InChI is InChI=1S/C11H12N2O2/c1-8(11(14)15-2)5-10-4-3-9(6-12)7-13-10/h3-4,7-8H,5H2,1-2H3/t8-/m0/s1. The van der Waals surface area contributed by atoms with Crippen LogP contribution in [-0.2, 0) is 16.0 Å². The fourth-order valence-electron chi connectivity index (χ4n) is 1.21. The Morgan fingerprint density at radius 1 is 1.67 bits per heavy atom. The lowest BCUT2D eigenvalue weighted by molar-refractivity contribution is -0.144. The van der Waals surface area contributed by atoms with Gasteiger partial charge in [-0.15, -0.1) is 0 Å². The molecule has 0 amide bonds. The topological polar surface area (TPSA) is 63.0 Å². The molecule has 0 saturated carbocycles. The van der Waals surface area contributed by atoms with Gasteiger partial charge in [-0.2, -0.15) is 5.26 Å². The smallest absolute Gasteiger partial charge is 0.308 e. The normalized spacial score (nSPS) is 11.5. The maximum absolute atomic E-state index is 11.1. The summed E-state index contributed by atoms with van der Waals surface area (Å²) in [5.74, 6) is -0.461. The van der Waals surface area contributed by atoms with Crippen molar-refractivity contribution in [1.29, 1.82) is 5.26 Å². The molecule has 1 atom stereocenters. The monoisotopic (exact) mass is 204 g/mol. The van der Waals surface area contributed by atoms with Crippen molar-refractivity contribution in [3.05, 3.63) is 29.6 Å². The van der Waals surface area contributed by atoms with Crippen LogP contribution >= 0.6 is 0 Å². The Balaban J connectivity index is 2.66. The molecular formula is C11H12N2O2. The predicted octanol–water partition coefficient (Wildman–Crippen LogP) is 1.30. The molecule has 0 N–H and O–H groups in total. The zero-order valence-corrected chi connectivity index (χ0v) is 8.73. The van der Waals surface area contributed by atoms with E-state index >= 15 is 0 Å². The van der Waals surface area contributed by atoms with Gasteiger partial charge in [0.25, 0.3) is 0 Å². The van der Waals surface area contributed by atoms with Crippen LogP contribution in [0.15, 0.2) is 18.3 Å². The van der Waals surface area contributed by atoms with Gasteiger partial charge in [0.1, 0.15) is 6.07 Å². The fraction of sp³-hybridized carbons (Fsp3) is 0.364. The van der Waals surface area contributed by atoms with Gasteiger partial charge in [0.15, 0.2) is 0 Å². The van der Waals surface area contributed by atoms with E-state index in [0.29, 0.717) is 12.0 Å². The number of esters is 1. The van der Waals surface area contributed by atoms with Crippen LogP contribution in [0.25, 0.3) is 0 Å². The summed E-state index contributed by atoms with van der Waals surface area (Å²) < 4.78 is 4.61. The zero-order valence-electron chi connectivity index (χ0n) is 8.73. The van der Waals surface area contributed by atoms with E-state index in [1.54, 1.807) is 19.1 Å². The third kappa shape index (κ3) is 3.06. The van der Waals surface area contributed by atoms with Crippen molar-refractivity contribution in [3.63, 3.8) is 0 Å². The number of pyridine rings is 1. The first-order chi connectivity index (χ1) is 7.17. The fourth-order valence-corrected chi connectivity index (χ4v) is 1.21. The molecule has 1 aromatic rings. The number of methoxy groups -OCH3 is 1. The van der Waals surface area contributed by atoms with Crippen LogP contribution in [0.3, 0.4) is 0 Å². The third-order valence-electron chi connectivity index (χ3n) is 2.07. The van der Waals surface area contributed by atoms with Crippen molar-refractivity contribution < 1.29 is 9.53 Å². The third-order valence-corrected chi connectivity index (χ3v) is 2.07. The summed E-state index contributed by atoms with van der Waals surface area (Å²) in [5.41, 5.74) is 1.30. The van der Waals surface area contributed by atoms with Crippen LogP contribution in [0, 0.1) is 17.2 Å². The van der Waals surface area contributed by atoms with Gasteiger partial charge < -0.3 is 4.74 Å². The second-order valence-corrected chi connectivity index (χ2v) is 3.28. The molecule has 78 valence electrons. The van der Waals surface area contributed by atoms with E-state index in [4.69, 9.17) is 5.26 Å². The van der Waals surface area contributed by atoms with E-state index in [1.807, 2.05) is 6.07 Å². The van der Waals surface area contributed by atoms with Crippen molar-refractivity contribution >= 4 is 5.97 Å². The largest absolute Gasteiger partial charge is 0.469 e. The summed E-state index contributed by atoms with van der Waals surface area (Å²) in [6, 6.07) is 5.42. The SMILES string of the molecule is COC(=O)[C@@H](C)Cc1ccc(C#N)cn1. The lowest BCUT2D eigenvalue weighted by Crippen LogP contribution is -2.15. The predicted molar refractivity (Wildman–Crippen MR) is 53.8 cm³/mol. The first-order valence-corrected chi connectivity index (χ1v) is 4.60. The van der Waals surface area contributed by atoms with Crippen LogP contribution in [0.5, 0.6) is 0 Å². The van der Waals surface area contributed by atoms with Gasteiger partial charge in [0, 0.05) is 18.3 Å². The van der Waals surface area contributed by atoms with Crippen LogP contribution in [0.2, 0.25) is 0 Å². The molecular weight excluding hydrogens is 192 g/mol. The lowest BCUT2D eigenvalue weighted by Gasteiger charge is -2.07. The van der Waals surface area contributed by atoms with Gasteiger partial charge in [0.05, 0.1) is 18.6 Å². The second-order valence-electron chi connectivity index (χ2n) is 3.28. The summed E-state index contributed by atoms with van der Waals surface area (Å²) in [6.45, 7) is 1.78. The quantitative estimate of drug-likeness (QED) is 0.696. The van der Waals surface area contributed by atoms with E-state index < -0.39 is 0 Å². The first kappa shape index (κ1) is 11.2. The summed E-state index contributed by atoms with van der Waals surface area (Å²) in [7, 11) is 1.37. The van der Waals surface area contributed by atoms with E-state index in [9.17, 15) is 4.79 Å². The molecule has 0 spiro atoms. The van der Waals surface area contributed by atoms with Gasteiger partial charge in [-0.3, -0.25) is 9.78 Å². The molecule has 0 radical (unpaired) electrons. The highest BCUT2D eigenvalue weighted by Gasteiger charge is 2.14. The molecule has 0 fully saturated rings. The highest BCUT2D eigenvalue weighted by Crippen LogP contribution is 2.08. The van der Waals surface area contributed by atoms with E-state index in [-0.39, 0.29) is 11.9 Å². The molecule has 1 heterocycles. The molecule has 4 heteroatoms. The number of carbonyl (C=O) groups excluding carboxylic acids is 1. The Kier molecular flexibility index (Phi) is 3.81. The van der Waals surface area contributed by atoms with Gasteiger partial charge in [0.2, 0.25) is 0 Å². The highest BCUT2D eigenvalue weighted by molar-refractivity contribution is 5.72. The first-order valence-electron chi connectivity index (χ1n) is 4.60. The molecule has 1 rings (SSSR count). The van der Waals surface area contributed by atoms with Crippen LogP contribution in [0.4, 0.5) is 0 Å². The van der Waals surface area contributed by atoms with E-state index in [0.717, 1.165) is 5.69 Å². The van der Waals surface area contributed by atoms with Crippen molar-refractivity contribution in [2.24, 2.45) is 5.92 Å². The average molecular weight is 204 g/mol. The van der Waals surface area contributed by atoms with Crippen molar-refractivity contribution in [1.82, 2.24) is 4.98 Å². The number of ether oxygens (including phenoxy) is 1. The van der Waals surface area contributed by atoms with Gasteiger partial charge in [-0.1, -0.05) is 6.92 Å². The molecule has 0 unspecified atom stereocenters. The van der Waals surface area contributed by atoms with Crippen LogP contribution in [-0.4, -0.2) is 18.1 Å². The molecule has 0 aromatic carbocycles. The van der Waals surface area contributed by atoms with Crippen molar-refractivity contribution in [3.8, 4) is 6.07 Å². The maximum Gasteiger partial charge on any atom is 0.308 e. The molecule has 0 aliphatic heterocycles. The maximum atomic E-state index is 11.1. The molecule has 1 aromatic heterocycles. The van der Waals surface area contributed by atoms with E-state index in [1.165, 1.54) is 13.3 Å². The Labute approximate surface area is 88.5 Å². The number of carbonyl (C=O) groups is 1. The second kappa shape index (κ2) is 5.11. The number of nitrogens with zero attached hydrogens (tertiary/aromatic N) is 2. The number of nitriles is 1. The summed E-state index contributed by atoms with van der Waals surface area (Å²) >= 11 is 0. The Bertz CT molecular complexity index is 379. The highest BCUT2D eigenvalue weighted by atomic mass is 16.5. The zero-order chi connectivity index (χ0) is 11.3. The summed E-state index contributed by atoms with van der Waals surface area (Å²) in [6.07, 6.45) is 2.03. The Hall–Kier alpha value is -1.89. The number of rotatable bonds is 3. The average Bonchev–Trinajstić information content (AvgIpc) is 2.29. The van der Waals surface area contributed by atoms with Gasteiger partial charge in [-0.25, -0.2) is 0 Å². The minimum atomic E-state index is -0.249. The molecule has 15 heavy (non-hydrogen) atoms. The molecule has 4 nitrogen and oxygen atoms in total. The molecule has 0 saturated heterocycles. The molecule has 0 bridgehead atoms. The number of aromatic nitrogens is 1. The minimum Gasteiger partial charge on any atom is -0.469 e. The molecule has 0 aliphatic rings. The van der Waals surface area contributed by atoms with Gasteiger partial charge >= 0.3 is 5.97 Å². The minimum absolute atomic E-state index is 0.213. The summed E-state index contributed by atoms with van der Waals surface area (Å²) in [5, 5.41) is 8.57. The van der Waals surface area contributed by atoms with Gasteiger partial charge in [-0.05, 0) is 12.1 Å². The Morgan fingerprint density at radius 3 is 2.87 bits per heavy atom. The lowest BCUT2D eigenvalue weighted by atomic mass is 10.1. The Morgan fingerprint density at radius 2 is 2.40 bits per heavy atom.